The summed E-state index contributed by atoms with van der Waals surface area (Å²) >= 11 is 0. The van der Waals surface area contributed by atoms with Gasteiger partial charge in [-0.05, 0) is 13.8 Å². The first-order valence-electron chi connectivity index (χ1n) is 4.87. The second-order valence-electron chi connectivity index (χ2n) is 3.87. The Bertz CT molecular complexity index is 145. The summed E-state index contributed by atoms with van der Waals surface area (Å²) in [6.07, 6.45) is 0.111. The molecule has 13 heavy (non-hydrogen) atoms. The molecular formula is C9H20N2O2. The van der Waals surface area contributed by atoms with Crippen molar-refractivity contribution in [2.75, 3.05) is 26.2 Å². The largest absolute Gasteiger partial charge is 0.390 e. The molecular weight excluding hydrogens is 168 g/mol. The van der Waals surface area contributed by atoms with Crippen molar-refractivity contribution in [2.45, 2.75) is 32.2 Å². The molecule has 0 aromatic heterocycles. The van der Waals surface area contributed by atoms with Crippen molar-refractivity contribution in [3.05, 3.63) is 0 Å². The molecule has 78 valence electrons. The highest BCUT2D eigenvalue weighted by Crippen LogP contribution is 2.10. The molecule has 1 aliphatic rings. The lowest BCUT2D eigenvalue weighted by Gasteiger charge is -2.36. The van der Waals surface area contributed by atoms with Crippen LogP contribution >= 0.6 is 0 Å². The second kappa shape index (κ2) is 4.91. The summed E-state index contributed by atoms with van der Waals surface area (Å²) in [6, 6.07) is 0. The molecule has 0 aromatic rings. The number of ether oxygens (including phenoxy) is 1. The Morgan fingerprint density at radius 1 is 1.46 bits per heavy atom. The van der Waals surface area contributed by atoms with Gasteiger partial charge in [-0.1, -0.05) is 0 Å². The number of nitrogens with two attached hydrogens (primary N) is 1. The molecule has 2 unspecified atom stereocenters. The Kier molecular flexibility index (Phi) is 4.12. The van der Waals surface area contributed by atoms with Crippen molar-refractivity contribution in [1.29, 1.82) is 0 Å². The number of aliphatic hydroxyl groups excluding tert-OH is 1. The Hall–Kier alpha value is -0.160. The lowest BCUT2D eigenvalue weighted by Crippen LogP contribution is -2.49. The van der Waals surface area contributed by atoms with E-state index in [1.165, 1.54) is 0 Å². The normalized spacial score (nSPS) is 33.2. The minimum absolute atomic E-state index is 0.258. The minimum Gasteiger partial charge on any atom is -0.390 e. The summed E-state index contributed by atoms with van der Waals surface area (Å²) in [5.74, 6) is 0. The van der Waals surface area contributed by atoms with Gasteiger partial charge in [0.15, 0.2) is 0 Å². The van der Waals surface area contributed by atoms with Gasteiger partial charge in [0.05, 0.1) is 18.3 Å². The Balaban J connectivity index is 2.32. The Labute approximate surface area is 79.7 Å². The number of hydrogen-bond donors (Lipinski definition) is 2. The number of rotatable bonds is 3. The van der Waals surface area contributed by atoms with E-state index in [1.54, 1.807) is 0 Å². The monoisotopic (exact) mass is 188 g/mol. The number of hydrogen-bond acceptors (Lipinski definition) is 4. The van der Waals surface area contributed by atoms with Gasteiger partial charge in [0, 0.05) is 26.2 Å². The van der Waals surface area contributed by atoms with Gasteiger partial charge in [-0.3, -0.25) is 4.90 Å². The van der Waals surface area contributed by atoms with Gasteiger partial charge < -0.3 is 15.6 Å². The van der Waals surface area contributed by atoms with Crippen molar-refractivity contribution in [3.8, 4) is 0 Å². The highest BCUT2D eigenvalue weighted by Gasteiger charge is 2.23. The lowest BCUT2D eigenvalue weighted by atomic mass is 10.2. The van der Waals surface area contributed by atoms with E-state index in [2.05, 4.69) is 18.7 Å². The lowest BCUT2D eigenvalue weighted by molar-refractivity contribution is -0.0758. The molecule has 4 nitrogen and oxygen atoms in total. The third-order valence-corrected chi connectivity index (χ3v) is 2.24. The molecule has 3 N–H and O–H groups in total. The zero-order valence-electron chi connectivity index (χ0n) is 8.44. The predicted molar refractivity (Wildman–Crippen MR) is 51.5 cm³/mol. The summed E-state index contributed by atoms with van der Waals surface area (Å²) in [6.45, 7) is 6.88. The quantitative estimate of drug-likeness (QED) is 0.622. The van der Waals surface area contributed by atoms with Gasteiger partial charge in [-0.2, -0.15) is 0 Å². The van der Waals surface area contributed by atoms with Gasteiger partial charge in [-0.15, -0.1) is 0 Å². The average Bonchev–Trinajstić information content (AvgIpc) is 2.02. The van der Waals surface area contributed by atoms with Crippen LogP contribution in [0.25, 0.3) is 0 Å². The Morgan fingerprint density at radius 3 is 2.46 bits per heavy atom. The summed E-state index contributed by atoms with van der Waals surface area (Å²) in [4.78, 5) is 2.20. The van der Waals surface area contributed by atoms with Crippen LogP contribution in [0.15, 0.2) is 0 Å². The van der Waals surface area contributed by atoms with E-state index in [0.29, 0.717) is 13.1 Å². The molecule has 0 aromatic carbocycles. The van der Waals surface area contributed by atoms with Crippen LogP contribution in [-0.4, -0.2) is 54.5 Å². The van der Waals surface area contributed by atoms with Crippen LogP contribution in [0.2, 0.25) is 0 Å². The summed E-state index contributed by atoms with van der Waals surface area (Å²) < 4.78 is 5.58. The van der Waals surface area contributed by atoms with Crippen molar-refractivity contribution >= 4 is 0 Å². The van der Waals surface area contributed by atoms with E-state index in [9.17, 15) is 5.11 Å². The van der Waals surface area contributed by atoms with Gasteiger partial charge in [-0.25, -0.2) is 0 Å². The number of β-amino-alcohol motifs (C(OH)–C–C–N with tert-alkyl or cyclic N) is 1. The maximum Gasteiger partial charge on any atom is 0.0789 e. The second-order valence-corrected chi connectivity index (χ2v) is 3.87. The molecule has 1 saturated heterocycles. The molecule has 0 spiro atoms. The van der Waals surface area contributed by atoms with Crippen LogP contribution in [0, 0.1) is 0 Å². The standard InChI is InChI=1S/C9H20N2O2/c1-7-4-11(5-8(2)13-7)6-9(12)3-10/h7-9,12H,3-6,10H2,1-2H3/t7?,8?,9-/m0/s1. The molecule has 1 heterocycles. The first kappa shape index (κ1) is 10.9. The highest BCUT2D eigenvalue weighted by molar-refractivity contribution is 4.75. The molecule has 0 radical (unpaired) electrons. The van der Waals surface area contributed by atoms with Crippen molar-refractivity contribution in [1.82, 2.24) is 4.90 Å². The maximum absolute atomic E-state index is 9.38. The van der Waals surface area contributed by atoms with Crippen molar-refractivity contribution in [3.63, 3.8) is 0 Å². The highest BCUT2D eigenvalue weighted by atomic mass is 16.5. The fourth-order valence-electron chi connectivity index (χ4n) is 1.81. The average molecular weight is 188 g/mol. The van der Waals surface area contributed by atoms with Crippen LogP contribution in [0.1, 0.15) is 13.8 Å². The number of morpholine rings is 1. The van der Waals surface area contributed by atoms with Crippen LogP contribution in [0.3, 0.4) is 0 Å². The molecule has 4 heteroatoms. The van der Waals surface area contributed by atoms with Gasteiger partial charge in [0.1, 0.15) is 0 Å². The van der Waals surface area contributed by atoms with E-state index in [4.69, 9.17) is 10.5 Å². The minimum atomic E-state index is -0.405. The molecule has 1 rings (SSSR count). The van der Waals surface area contributed by atoms with Gasteiger partial charge in [0.2, 0.25) is 0 Å². The van der Waals surface area contributed by atoms with Gasteiger partial charge >= 0.3 is 0 Å². The van der Waals surface area contributed by atoms with E-state index < -0.39 is 6.10 Å². The fourth-order valence-corrected chi connectivity index (χ4v) is 1.81. The maximum atomic E-state index is 9.38. The molecule has 0 aliphatic carbocycles. The SMILES string of the molecule is CC1CN(C[C@@H](O)CN)CC(C)O1. The van der Waals surface area contributed by atoms with Crippen LogP contribution in [-0.2, 0) is 4.74 Å². The summed E-state index contributed by atoms with van der Waals surface area (Å²) in [5.41, 5.74) is 5.35. The molecule has 0 saturated carbocycles. The molecule has 0 amide bonds. The van der Waals surface area contributed by atoms with Crippen molar-refractivity contribution in [2.24, 2.45) is 5.73 Å². The first-order chi connectivity index (χ1) is 6.11. The van der Waals surface area contributed by atoms with E-state index in [1.807, 2.05) is 0 Å². The van der Waals surface area contributed by atoms with Crippen LogP contribution in [0.4, 0.5) is 0 Å². The molecule has 1 aliphatic heterocycles. The molecule has 3 atom stereocenters. The smallest absolute Gasteiger partial charge is 0.0789 e. The summed E-state index contributed by atoms with van der Waals surface area (Å²) in [5, 5.41) is 9.38. The van der Waals surface area contributed by atoms with Crippen LogP contribution in [0.5, 0.6) is 0 Å². The van der Waals surface area contributed by atoms with E-state index in [-0.39, 0.29) is 12.2 Å². The third kappa shape index (κ3) is 3.60. The zero-order chi connectivity index (χ0) is 9.84. The van der Waals surface area contributed by atoms with Crippen LogP contribution < -0.4 is 5.73 Å². The topological polar surface area (TPSA) is 58.7 Å². The van der Waals surface area contributed by atoms with Gasteiger partial charge in [0.25, 0.3) is 0 Å². The zero-order valence-corrected chi connectivity index (χ0v) is 8.44. The first-order valence-corrected chi connectivity index (χ1v) is 4.87. The van der Waals surface area contributed by atoms with E-state index in [0.717, 1.165) is 13.1 Å². The van der Waals surface area contributed by atoms with E-state index >= 15 is 0 Å². The number of nitrogens with zero attached hydrogens (tertiary/aromatic N) is 1. The molecule has 1 fully saturated rings. The summed E-state index contributed by atoms with van der Waals surface area (Å²) in [7, 11) is 0. The molecule has 0 bridgehead atoms. The van der Waals surface area contributed by atoms with Crippen molar-refractivity contribution < 1.29 is 9.84 Å². The predicted octanol–water partition coefficient (Wildman–Crippen LogP) is -0.585. The Morgan fingerprint density at radius 2 is 2.00 bits per heavy atom. The fraction of sp³-hybridized carbons (Fsp3) is 1.00. The number of aliphatic hydroxyl groups is 1. The third-order valence-electron chi connectivity index (χ3n) is 2.24.